The van der Waals surface area contributed by atoms with Crippen LogP contribution >= 0.6 is 0 Å². The van der Waals surface area contributed by atoms with Gasteiger partial charge in [-0.3, -0.25) is 9.59 Å². The fourth-order valence-electron chi connectivity index (χ4n) is 5.33. The van der Waals surface area contributed by atoms with E-state index in [2.05, 4.69) is 10.4 Å². The lowest BCUT2D eigenvalue weighted by molar-refractivity contribution is -0.124. The Labute approximate surface area is 258 Å². The summed E-state index contributed by atoms with van der Waals surface area (Å²) in [5, 5.41) is 16.1. The Bertz CT molecular complexity index is 1770. The van der Waals surface area contributed by atoms with E-state index in [9.17, 15) is 31.9 Å². The summed E-state index contributed by atoms with van der Waals surface area (Å²) in [7, 11) is -3.75. The molecule has 1 saturated heterocycles. The number of ether oxygens (including phenoxy) is 2. The van der Waals surface area contributed by atoms with Crippen LogP contribution < -0.4 is 25.2 Å². The molecule has 3 heterocycles. The molecule has 1 aliphatic carbocycles. The zero-order valence-electron chi connectivity index (χ0n) is 24.5. The van der Waals surface area contributed by atoms with E-state index in [-0.39, 0.29) is 74.3 Å². The van der Waals surface area contributed by atoms with Crippen molar-refractivity contribution in [3.63, 3.8) is 0 Å². The van der Waals surface area contributed by atoms with Crippen molar-refractivity contribution in [2.24, 2.45) is 5.41 Å². The molecule has 3 aliphatic rings. The fourth-order valence-corrected chi connectivity index (χ4v) is 6.84. The van der Waals surface area contributed by atoms with Crippen molar-refractivity contribution >= 4 is 27.3 Å². The summed E-state index contributed by atoms with van der Waals surface area (Å²) in [6.07, 6.45) is 2.53. The molecule has 2 fully saturated rings. The molecule has 2 aromatic carbocycles. The number of aromatic nitrogens is 2. The smallest absolute Gasteiger partial charge is 0.316 e. The number of piperazine rings is 1. The van der Waals surface area contributed by atoms with Gasteiger partial charge in [-0.05, 0) is 42.7 Å². The molecule has 15 heteroatoms. The number of sulfonamides is 1. The molecule has 240 valence electrons. The Kier molecular flexibility index (Phi) is 8.26. The van der Waals surface area contributed by atoms with Gasteiger partial charge >= 0.3 is 5.56 Å². The lowest BCUT2D eigenvalue weighted by Crippen LogP contribution is -2.49. The molecule has 1 amide bonds. The number of rotatable bonds is 10. The lowest BCUT2D eigenvalue weighted by atomic mass is 10.1. The number of aliphatic hydroxyl groups excluding tert-OH is 1. The highest BCUT2D eigenvalue weighted by Crippen LogP contribution is 2.45. The number of carbonyl (C=O) groups is 1. The summed E-state index contributed by atoms with van der Waals surface area (Å²) in [4.78, 5) is 27.5. The predicted molar refractivity (Wildman–Crippen MR) is 160 cm³/mol. The van der Waals surface area contributed by atoms with Gasteiger partial charge in [0, 0.05) is 50.7 Å². The summed E-state index contributed by atoms with van der Waals surface area (Å²) in [5.41, 5.74) is 0.449. The Hall–Kier alpha value is -4.08. The highest BCUT2D eigenvalue weighted by Gasteiger charge is 2.39. The molecule has 12 nitrogen and oxygen atoms in total. The van der Waals surface area contributed by atoms with Gasteiger partial charge in [-0.15, -0.1) is 0 Å². The Morgan fingerprint density at radius 2 is 1.80 bits per heavy atom. The quantitative estimate of drug-likeness (QED) is 0.340. The number of anilines is 2. The van der Waals surface area contributed by atoms with E-state index in [0.717, 1.165) is 29.7 Å². The van der Waals surface area contributed by atoms with Gasteiger partial charge in [-0.25, -0.2) is 17.2 Å². The molecule has 1 atom stereocenters. The number of amides is 1. The molecule has 0 spiro atoms. The van der Waals surface area contributed by atoms with Crippen LogP contribution in [0.5, 0.6) is 11.5 Å². The number of hydrogen-bond acceptors (Lipinski definition) is 9. The van der Waals surface area contributed by atoms with Crippen LogP contribution in [-0.2, 0) is 20.6 Å². The maximum atomic E-state index is 13.9. The minimum absolute atomic E-state index is 0.0141. The second-order valence-electron chi connectivity index (χ2n) is 11.9. The van der Waals surface area contributed by atoms with E-state index in [4.69, 9.17) is 9.47 Å². The van der Waals surface area contributed by atoms with Crippen molar-refractivity contribution in [1.29, 1.82) is 0 Å². The molecular weight excluding hydrogens is 612 g/mol. The number of fused-ring (bicyclic) bond motifs is 1. The van der Waals surface area contributed by atoms with Crippen LogP contribution in [-0.4, -0.2) is 79.0 Å². The van der Waals surface area contributed by atoms with E-state index in [1.165, 1.54) is 10.5 Å². The number of halogens is 2. The average Bonchev–Trinajstić information content (AvgIpc) is 3.73. The number of benzene rings is 2. The molecule has 6 rings (SSSR count). The minimum Gasteiger partial charge on any atom is -0.486 e. The molecule has 0 radical (unpaired) electrons. The van der Waals surface area contributed by atoms with Gasteiger partial charge in [0.1, 0.15) is 23.1 Å². The van der Waals surface area contributed by atoms with Crippen LogP contribution in [0.25, 0.3) is 5.69 Å². The van der Waals surface area contributed by atoms with Gasteiger partial charge in [-0.2, -0.15) is 14.1 Å². The number of nitrogens with one attached hydrogen (secondary N) is 1. The van der Waals surface area contributed by atoms with Gasteiger partial charge in [0.15, 0.2) is 6.10 Å². The van der Waals surface area contributed by atoms with Crippen molar-refractivity contribution in [2.45, 2.75) is 38.0 Å². The van der Waals surface area contributed by atoms with E-state index >= 15 is 0 Å². The number of hydrogen-bond donors (Lipinski definition) is 2. The second kappa shape index (κ2) is 12.0. The predicted octanol–water partition coefficient (Wildman–Crippen LogP) is 2.42. The topological polar surface area (TPSA) is 143 Å². The summed E-state index contributed by atoms with van der Waals surface area (Å²) in [5.74, 6) is -2.05. The van der Waals surface area contributed by atoms with Gasteiger partial charge in [-0.1, -0.05) is 13.0 Å². The van der Waals surface area contributed by atoms with Crippen molar-refractivity contribution in [1.82, 2.24) is 14.1 Å². The third-order valence-corrected chi connectivity index (χ3v) is 10.1. The van der Waals surface area contributed by atoms with Crippen LogP contribution in [0.1, 0.15) is 31.7 Å². The SMILES string of the molecule is CC1(COc2c(N3CCN(S(=O)(=O)Cc4ccc5c(c4)OC(CCO)C(=O)N5)CC3)cnn(-c3cc(F)cc(F)c3)c2=O)CC1. The third kappa shape index (κ3) is 6.65. The van der Waals surface area contributed by atoms with E-state index in [1.54, 1.807) is 18.2 Å². The van der Waals surface area contributed by atoms with Crippen LogP contribution in [0.4, 0.5) is 20.2 Å². The molecule has 2 aliphatic heterocycles. The first-order valence-electron chi connectivity index (χ1n) is 14.6. The summed E-state index contributed by atoms with van der Waals surface area (Å²) < 4.78 is 68.6. The summed E-state index contributed by atoms with van der Waals surface area (Å²) >= 11 is 0. The molecule has 3 aromatic rings. The molecule has 45 heavy (non-hydrogen) atoms. The fraction of sp³-hybridized carbons (Fsp3) is 0.433. The highest BCUT2D eigenvalue weighted by molar-refractivity contribution is 7.88. The highest BCUT2D eigenvalue weighted by atomic mass is 32.2. The number of nitrogens with zero attached hydrogens (tertiary/aromatic N) is 4. The normalized spacial score (nSPS) is 19.4. The number of carbonyl (C=O) groups excluding carboxylic acids is 1. The molecule has 2 N–H and O–H groups in total. The van der Waals surface area contributed by atoms with Gasteiger partial charge < -0.3 is 24.8 Å². The van der Waals surface area contributed by atoms with Crippen LogP contribution in [0, 0.1) is 17.0 Å². The zero-order valence-corrected chi connectivity index (χ0v) is 25.4. The molecule has 1 saturated carbocycles. The van der Waals surface area contributed by atoms with Crippen molar-refractivity contribution in [3.8, 4) is 17.2 Å². The third-order valence-electron chi connectivity index (χ3n) is 8.25. The van der Waals surface area contributed by atoms with E-state index in [0.29, 0.717) is 28.8 Å². The molecule has 0 bridgehead atoms. The van der Waals surface area contributed by atoms with Gasteiger partial charge in [0.2, 0.25) is 15.8 Å². The van der Waals surface area contributed by atoms with Crippen LogP contribution in [0.3, 0.4) is 0 Å². The first kappa shape index (κ1) is 30.9. The maximum absolute atomic E-state index is 13.9. The van der Waals surface area contributed by atoms with Crippen molar-refractivity contribution in [2.75, 3.05) is 49.6 Å². The summed E-state index contributed by atoms with van der Waals surface area (Å²) in [6, 6.07) is 7.48. The molecule has 1 aromatic heterocycles. The first-order valence-corrected chi connectivity index (χ1v) is 16.2. The molecule has 1 unspecified atom stereocenters. The minimum atomic E-state index is -3.75. The number of aliphatic hydroxyl groups is 1. The average molecular weight is 646 g/mol. The zero-order chi connectivity index (χ0) is 31.9. The Morgan fingerprint density at radius 1 is 1.09 bits per heavy atom. The van der Waals surface area contributed by atoms with Crippen molar-refractivity contribution < 1.29 is 36.6 Å². The van der Waals surface area contributed by atoms with E-state index < -0.39 is 33.3 Å². The lowest BCUT2D eigenvalue weighted by Gasteiger charge is -2.36. The first-order chi connectivity index (χ1) is 21.4. The van der Waals surface area contributed by atoms with Crippen LogP contribution in [0.15, 0.2) is 47.4 Å². The Balaban J connectivity index is 1.18. The summed E-state index contributed by atoms with van der Waals surface area (Å²) in [6.45, 7) is 2.84. The Morgan fingerprint density at radius 3 is 2.47 bits per heavy atom. The van der Waals surface area contributed by atoms with E-state index in [1.807, 2.05) is 11.8 Å². The maximum Gasteiger partial charge on any atom is 0.316 e. The largest absolute Gasteiger partial charge is 0.486 e. The van der Waals surface area contributed by atoms with Crippen LogP contribution in [0.2, 0.25) is 0 Å². The van der Waals surface area contributed by atoms with Gasteiger partial charge in [0.25, 0.3) is 5.91 Å². The second-order valence-corrected chi connectivity index (χ2v) is 13.9. The van der Waals surface area contributed by atoms with Gasteiger partial charge in [0.05, 0.1) is 29.9 Å². The van der Waals surface area contributed by atoms with Crippen molar-refractivity contribution in [3.05, 3.63) is 70.1 Å². The monoisotopic (exact) mass is 645 g/mol. The standard InChI is InChI=1S/C30H33F2N5O7S/c1-30(5-6-30)18-43-27-24(16-33-37(29(27)40)22-14-20(31)13-21(32)15-22)35-7-9-36(10-8-35)45(41,42)17-19-2-3-23-26(12-19)44-25(4-11-38)28(39)34-23/h2-3,12-16,25,38H,4-11,17-18H2,1H3,(H,34,39). The molecular formula is C30H33F2N5O7S.